The van der Waals surface area contributed by atoms with E-state index in [4.69, 9.17) is 22.4 Å². The van der Waals surface area contributed by atoms with Gasteiger partial charge in [0.2, 0.25) is 0 Å². The molecule has 21 heavy (non-hydrogen) atoms. The molecular formula is C13H12ClN3O3S. The van der Waals surface area contributed by atoms with E-state index in [-0.39, 0.29) is 11.6 Å². The molecule has 1 atom stereocenters. The Balaban J connectivity index is 2.10. The van der Waals surface area contributed by atoms with Crippen LogP contribution in [0.3, 0.4) is 0 Å². The lowest BCUT2D eigenvalue weighted by molar-refractivity contribution is 0.0691. The van der Waals surface area contributed by atoms with Gasteiger partial charge in [-0.1, -0.05) is 11.6 Å². The molecular weight excluding hydrogens is 314 g/mol. The summed E-state index contributed by atoms with van der Waals surface area (Å²) in [5.41, 5.74) is 6.31. The molecule has 0 aliphatic rings. The number of carbonyl (C=O) groups excluding carboxylic acids is 1. The van der Waals surface area contributed by atoms with Crippen molar-refractivity contribution in [3.05, 3.63) is 44.9 Å². The number of benzene rings is 1. The number of amides is 1. The summed E-state index contributed by atoms with van der Waals surface area (Å²) in [5.74, 6) is -1.43. The average Bonchev–Trinajstić information content (AvgIpc) is 2.91. The third kappa shape index (κ3) is 3.50. The number of rotatable bonds is 4. The van der Waals surface area contributed by atoms with Crippen molar-refractivity contribution in [3.63, 3.8) is 0 Å². The maximum absolute atomic E-state index is 12.1. The zero-order valence-electron chi connectivity index (χ0n) is 11.0. The fourth-order valence-electron chi connectivity index (χ4n) is 1.61. The molecule has 0 spiro atoms. The van der Waals surface area contributed by atoms with Gasteiger partial charge < -0.3 is 16.2 Å². The average molecular weight is 326 g/mol. The van der Waals surface area contributed by atoms with Crippen LogP contribution < -0.4 is 11.1 Å². The molecule has 8 heteroatoms. The Bertz CT molecular complexity index is 702. The van der Waals surface area contributed by atoms with E-state index in [2.05, 4.69) is 10.3 Å². The van der Waals surface area contributed by atoms with Crippen LogP contribution in [0, 0.1) is 0 Å². The third-order valence-corrected chi connectivity index (χ3v) is 4.09. The summed E-state index contributed by atoms with van der Waals surface area (Å²) < 4.78 is 0. The highest BCUT2D eigenvalue weighted by molar-refractivity contribution is 7.09. The van der Waals surface area contributed by atoms with E-state index in [0.717, 1.165) is 0 Å². The zero-order valence-corrected chi connectivity index (χ0v) is 12.5. The Labute approximate surface area is 129 Å². The molecule has 1 amide bonds. The number of carboxylic acid groups (broad SMARTS) is 1. The molecule has 0 bridgehead atoms. The highest BCUT2D eigenvalue weighted by Gasteiger charge is 2.17. The van der Waals surface area contributed by atoms with Crippen molar-refractivity contribution in [1.29, 1.82) is 0 Å². The van der Waals surface area contributed by atoms with Crippen molar-refractivity contribution in [3.8, 4) is 0 Å². The first-order valence-electron chi connectivity index (χ1n) is 5.93. The Morgan fingerprint density at radius 3 is 2.76 bits per heavy atom. The van der Waals surface area contributed by atoms with Gasteiger partial charge in [-0.05, 0) is 25.1 Å². The number of hydrogen-bond acceptors (Lipinski definition) is 5. The number of carboxylic acids is 1. The van der Waals surface area contributed by atoms with E-state index in [9.17, 15) is 9.59 Å². The van der Waals surface area contributed by atoms with E-state index >= 15 is 0 Å². The quantitative estimate of drug-likeness (QED) is 0.749. The van der Waals surface area contributed by atoms with Gasteiger partial charge in [0.15, 0.2) is 5.69 Å². The minimum Gasteiger partial charge on any atom is -0.476 e. The number of aromatic nitrogens is 1. The summed E-state index contributed by atoms with van der Waals surface area (Å²) in [6.07, 6.45) is 0. The van der Waals surface area contributed by atoms with E-state index in [1.54, 1.807) is 19.1 Å². The normalized spacial score (nSPS) is 11.9. The topological polar surface area (TPSA) is 105 Å². The molecule has 0 fully saturated rings. The van der Waals surface area contributed by atoms with Crippen molar-refractivity contribution < 1.29 is 14.7 Å². The maximum atomic E-state index is 12.1. The number of halogens is 1. The van der Waals surface area contributed by atoms with Crippen molar-refractivity contribution in [2.45, 2.75) is 13.0 Å². The summed E-state index contributed by atoms with van der Waals surface area (Å²) in [4.78, 5) is 26.8. The van der Waals surface area contributed by atoms with E-state index in [0.29, 0.717) is 21.3 Å². The van der Waals surface area contributed by atoms with Crippen molar-refractivity contribution in [1.82, 2.24) is 10.3 Å². The first-order valence-corrected chi connectivity index (χ1v) is 7.19. The predicted octanol–water partition coefficient (Wildman–Crippen LogP) is 2.57. The van der Waals surface area contributed by atoms with Gasteiger partial charge in [-0.15, -0.1) is 11.3 Å². The molecule has 0 aliphatic heterocycles. The molecule has 0 saturated heterocycles. The number of nitrogen functional groups attached to an aromatic ring is 1. The summed E-state index contributed by atoms with van der Waals surface area (Å²) in [6.45, 7) is 1.72. The van der Waals surface area contributed by atoms with Crippen molar-refractivity contribution in [2.24, 2.45) is 0 Å². The van der Waals surface area contributed by atoms with Crippen molar-refractivity contribution >= 4 is 40.5 Å². The van der Waals surface area contributed by atoms with Crippen LogP contribution in [0.2, 0.25) is 5.02 Å². The second-order valence-electron chi connectivity index (χ2n) is 4.31. The predicted molar refractivity (Wildman–Crippen MR) is 80.8 cm³/mol. The standard InChI is InChI=1S/C13H12ClN3O3S/c1-6(12-17-10(5-21-12)13(19)20)16-11(18)7-2-3-8(14)9(15)4-7/h2-6H,15H2,1H3,(H,16,18)(H,19,20). The monoisotopic (exact) mass is 325 g/mol. The lowest BCUT2D eigenvalue weighted by Gasteiger charge is -2.11. The summed E-state index contributed by atoms with van der Waals surface area (Å²) >= 11 is 6.98. The van der Waals surface area contributed by atoms with E-state index in [1.165, 1.54) is 22.8 Å². The van der Waals surface area contributed by atoms with Crippen LogP contribution >= 0.6 is 22.9 Å². The van der Waals surface area contributed by atoms with Crippen LogP contribution in [0.1, 0.15) is 38.8 Å². The first-order chi connectivity index (χ1) is 9.88. The number of nitrogens with zero attached hydrogens (tertiary/aromatic N) is 1. The SMILES string of the molecule is CC(NC(=O)c1ccc(Cl)c(N)c1)c1nc(C(=O)O)cs1. The molecule has 110 valence electrons. The third-order valence-electron chi connectivity index (χ3n) is 2.72. The number of nitrogens with one attached hydrogen (secondary N) is 1. The van der Waals surface area contributed by atoms with Crippen LogP contribution in [0.4, 0.5) is 5.69 Å². The minimum atomic E-state index is -1.10. The molecule has 2 aromatic rings. The van der Waals surface area contributed by atoms with Gasteiger partial charge in [0.1, 0.15) is 5.01 Å². The molecule has 0 radical (unpaired) electrons. The van der Waals surface area contributed by atoms with Gasteiger partial charge in [-0.2, -0.15) is 0 Å². The van der Waals surface area contributed by atoms with Gasteiger partial charge >= 0.3 is 5.97 Å². The Hall–Kier alpha value is -2.12. The number of carbonyl (C=O) groups is 2. The lowest BCUT2D eigenvalue weighted by Crippen LogP contribution is -2.26. The van der Waals surface area contributed by atoms with Gasteiger partial charge in [0, 0.05) is 10.9 Å². The van der Waals surface area contributed by atoms with Gasteiger partial charge in [0.25, 0.3) is 5.91 Å². The number of anilines is 1. The smallest absolute Gasteiger partial charge is 0.355 e. The number of hydrogen-bond donors (Lipinski definition) is 3. The summed E-state index contributed by atoms with van der Waals surface area (Å²) in [7, 11) is 0. The second-order valence-corrected chi connectivity index (χ2v) is 5.60. The summed E-state index contributed by atoms with van der Waals surface area (Å²) in [5, 5.41) is 13.9. The molecule has 1 aromatic carbocycles. The second kappa shape index (κ2) is 6.11. The van der Waals surface area contributed by atoms with Crippen LogP contribution in [-0.4, -0.2) is 22.0 Å². The zero-order chi connectivity index (χ0) is 15.6. The fraction of sp³-hybridized carbons (Fsp3) is 0.154. The Kier molecular flexibility index (Phi) is 4.44. The fourth-order valence-corrected chi connectivity index (χ4v) is 2.53. The summed E-state index contributed by atoms with van der Waals surface area (Å²) in [6, 6.07) is 4.18. The van der Waals surface area contributed by atoms with Crippen LogP contribution in [-0.2, 0) is 0 Å². The van der Waals surface area contributed by atoms with Gasteiger partial charge in [0.05, 0.1) is 16.8 Å². The molecule has 4 N–H and O–H groups in total. The largest absolute Gasteiger partial charge is 0.476 e. The highest BCUT2D eigenvalue weighted by atomic mass is 35.5. The Morgan fingerprint density at radius 2 is 2.19 bits per heavy atom. The number of thiazole rings is 1. The van der Waals surface area contributed by atoms with Crippen molar-refractivity contribution in [2.75, 3.05) is 5.73 Å². The van der Waals surface area contributed by atoms with Gasteiger partial charge in [-0.25, -0.2) is 9.78 Å². The number of nitrogens with two attached hydrogens (primary N) is 1. The maximum Gasteiger partial charge on any atom is 0.355 e. The van der Waals surface area contributed by atoms with Gasteiger partial charge in [-0.3, -0.25) is 4.79 Å². The highest BCUT2D eigenvalue weighted by Crippen LogP contribution is 2.21. The van der Waals surface area contributed by atoms with E-state index < -0.39 is 12.0 Å². The Morgan fingerprint density at radius 1 is 1.48 bits per heavy atom. The van der Waals surface area contributed by atoms with E-state index in [1.807, 2.05) is 0 Å². The van der Waals surface area contributed by atoms with Crippen LogP contribution in [0.5, 0.6) is 0 Å². The molecule has 0 saturated carbocycles. The molecule has 1 heterocycles. The molecule has 2 rings (SSSR count). The first kappa shape index (κ1) is 15.3. The lowest BCUT2D eigenvalue weighted by atomic mass is 10.2. The molecule has 6 nitrogen and oxygen atoms in total. The molecule has 0 aliphatic carbocycles. The minimum absolute atomic E-state index is 0.0353. The van der Waals surface area contributed by atoms with Crippen LogP contribution in [0.25, 0.3) is 0 Å². The molecule has 1 unspecified atom stereocenters. The van der Waals surface area contributed by atoms with Crippen LogP contribution in [0.15, 0.2) is 23.6 Å². The number of aromatic carboxylic acids is 1. The molecule has 1 aromatic heterocycles.